The van der Waals surface area contributed by atoms with Gasteiger partial charge in [0.2, 0.25) is 0 Å². The van der Waals surface area contributed by atoms with Crippen LogP contribution < -0.4 is 5.32 Å². The Hall–Kier alpha value is -2.95. The van der Waals surface area contributed by atoms with Crippen LogP contribution in [0.15, 0.2) is 42.5 Å². The van der Waals surface area contributed by atoms with Gasteiger partial charge in [0.15, 0.2) is 5.78 Å². The maximum Gasteiger partial charge on any atom is 0.325 e. The number of benzene rings is 2. The Morgan fingerprint density at radius 3 is 2.67 bits per heavy atom. The van der Waals surface area contributed by atoms with Crippen molar-refractivity contribution in [3.63, 3.8) is 0 Å². The largest absolute Gasteiger partial charge is 0.325 e. The van der Waals surface area contributed by atoms with E-state index in [2.05, 4.69) is 5.32 Å². The van der Waals surface area contributed by atoms with Gasteiger partial charge in [-0.15, -0.1) is 0 Å². The lowest BCUT2D eigenvalue weighted by Gasteiger charge is -2.33. The van der Waals surface area contributed by atoms with Gasteiger partial charge >= 0.3 is 6.03 Å². The highest BCUT2D eigenvalue weighted by molar-refractivity contribution is 6.11. The third-order valence-corrected chi connectivity index (χ3v) is 5.78. The molecule has 0 radical (unpaired) electrons. The summed E-state index contributed by atoms with van der Waals surface area (Å²) in [4.78, 5) is 39.6. The Bertz CT molecular complexity index is 966. The first-order valence-corrected chi connectivity index (χ1v) is 9.25. The zero-order chi connectivity index (χ0) is 19.2. The third kappa shape index (κ3) is 2.74. The summed E-state index contributed by atoms with van der Waals surface area (Å²) in [6.45, 7) is 3.68. The molecule has 1 fully saturated rings. The summed E-state index contributed by atoms with van der Waals surface area (Å²) in [6.07, 6.45) is 2.27. The smallest absolute Gasteiger partial charge is 0.319 e. The van der Waals surface area contributed by atoms with Crippen molar-refractivity contribution < 1.29 is 14.4 Å². The Morgan fingerprint density at radius 1 is 1.11 bits per heavy atom. The summed E-state index contributed by atoms with van der Waals surface area (Å²) in [7, 11) is 0. The maximum atomic E-state index is 13.2. The second-order valence-corrected chi connectivity index (χ2v) is 7.46. The summed E-state index contributed by atoms with van der Waals surface area (Å²) in [5, 5.41) is 2.89. The van der Waals surface area contributed by atoms with E-state index < -0.39 is 11.6 Å². The van der Waals surface area contributed by atoms with Crippen molar-refractivity contribution in [1.29, 1.82) is 0 Å². The molecular weight excluding hydrogens is 340 g/mol. The van der Waals surface area contributed by atoms with Crippen LogP contribution in [0.1, 0.15) is 45.5 Å². The van der Waals surface area contributed by atoms with Crippen molar-refractivity contribution in [1.82, 2.24) is 10.2 Å². The SMILES string of the molecule is Cc1ccc(C(=O)CN2C(=O)NC3(CCCc4ccccc43)C2=O)cc1C. The Balaban J connectivity index is 1.63. The number of hydrogen-bond donors (Lipinski definition) is 1. The number of rotatable bonds is 3. The molecule has 1 spiro atoms. The molecule has 138 valence electrons. The van der Waals surface area contributed by atoms with Crippen molar-refractivity contribution in [3.8, 4) is 0 Å². The number of imide groups is 1. The number of amides is 3. The minimum Gasteiger partial charge on any atom is -0.319 e. The number of nitrogens with one attached hydrogen (secondary N) is 1. The van der Waals surface area contributed by atoms with Gasteiger partial charge in [-0.3, -0.25) is 14.5 Å². The Morgan fingerprint density at radius 2 is 1.89 bits per heavy atom. The van der Waals surface area contributed by atoms with E-state index in [0.717, 1.165) is 40.0 Å². The van der Waals surface area contributed by atoms with Crippen LogP contribution in [-0.2, 0) is 16.8 Å². The van der Waals surface area contributed by atoms with E-state index in [1.165, 1.54) is 0 Å². The average Bonchev–Trinajstić information content (AvgIpc) is 2.89. The van der Waals surface area contributed by atoms with E-state index in [1.54, 1.807) is 6.07 Å². The van der Waals surface area contributed by atoms with E-state index in [-0.39, 0.29) is 18.2 Å². The summed E-state index contributed by atoms with van der Waals surface area (Å²) in [6, 6.07) is 12.7. The monoisotopic (exact) mass is 362 g/mol. The fourth-order valence-corrected chi connectivity index (χ4v) is 4.10. The van der Waals surface area contributed by atoms with E-state index in [0.29, 0.717) is 12.0 Å². The van der Waals surface area contributed by atoms with Crippen molar-refractivity contribution in [3.05, 3.63) is 70.3 Å². The summed E-state index contributed by atoms with van der Waals surface area (Å²) in [5.74, 6) is -0.556. The summed E-state index contributed by atoms with van der Waals surface area (Å²) < 4.78 is 0. The van der Waals surface area contributed by atoms with Crippen molar-refractivity contribution >= 4 is 17.7 Å². The molecule has 2 aliphatic rings. The van der Waals surface area contributed by atoms with Crippen molar-refractivity contribution in [2.45, 2.75) is 38.6 Å². The van der Waals surface area contributed by atoms with Gasteiger partial charge in [0.1, 0.15) is 5.54 Å². The standard InChI is InChI=1S/C22H22N2O3/c1-14-9-10-17(12-15(14)2)19(25)13-24-20(26)22(23-21(24)27)11-5-7-16-6-3-4-8-18(16)22/h3-4,6,8-10,12H,5,7,11,13H2,1-2H3,(H,23,27). The molecule has 1 aliphatic heterocycles. The van der Waals surface area contributed by atoms with Crippen LogP contribution in [0.5, 0.6) is 0 Å². The number of carbonyl (C=O) groups excluding carboxylic acids is 3. The van der Waals surface area contributed by atoms with Gasteiger partial charge in [0.25, 0.3) is 5.91 Å². The molecule has 4 rings (SSSR count). The second-order valence-electron chi connectivity index (χ2n) is 7.46. The number of Topliss-reactive ketones (excluding diaryl/α,β-unsaturated/α-hetero) is 1. The molecule has 1 saturated heterocycles. The molecule has 1 N–H and O–H groups in total. The Labute approximate surface area is 158 Å². The molecule has 0 bridgehead atoms. The van der Waals surface area contributed by atoms with E-state index in [1.807, 2.05) is 50.2 Å². The van der Waals surface area contributed by atoms with Crippen molar-refractivity contribution in [2.24, 2.45) is 0 Å². The predicted octanol–water partition coefficient (Wildman–Crippen LogP) is 3.27. The molecule has 5 heteroatoms. The molecular formula is C22H22N2O3. The van der Waals surface area contributed by atoms with Gasteiger partial charge in [-0.1, -0.05) is 36.4 Å². The lowest BCUT2D eigenvalue weighted by atomic mass is 9.76. The van der Waals surface area contributed by atoms with Gasteiger partial charge in [-0.05, 0) is 61.4 Å². The zero-order valence-corrected chi connectivity index (χ0v) is 15.5. The minimum atomic E-state index is -1.03. The van der Waals surface area contributed by atoms with Crippen LogP contribution in [0.4, 0.5) is 4.79 Å². The maximum absolute atomic E-state index is 13.2. The van der Waals surface area contributed by atoms with Crippen LogP contribution in [0.2, 0.25) is 0 Å². The number of nitrogens with zero attached hydrogens (tertiary/aromatic N) is 1. The normalized spacial score (nSPS) is 21.3. The van der Waals surface area contributed by atoms with Crippen LogP contribution in [0.25, 0.3) is 0 Å². The first-order chi connectivity index (χ1) is 12.9. The van der Waals surface area contributed by atoms with Crippen molar-refractivity contribution in [2.75, 3.05) is 6.54 Å². The molecule has 5 nitrogen and oxygen atoms in total. The van der Waals surface area contributed by atoms with Gasteiger partial charge in [-0.25, -0.2) is 4.79 Å². The van der Waals surface area contributed by atoms with Gasteiger partial charge < -0.3 is 5.32 Å². The molecule has 0 aromatic heterocycles. The second kappa shape index (κ2) is 6.34. The highest BCUT2D eigenvalue weighted by atomic mass is 16.2. The fraction of sp³-hybridized carbons (Fsp3) is 0.318. The quantitative estimate of drug-likeness (QED) is 0.673. The Kier molecular flexibility index (Phi) is 4.10. The number of urea groups is 1. The molecule has 1 unspecified atom stereocenters. The molecule has 0 saturated carbocycles. The third-order valence-electron chi connectivity index (χ3n) is 5.78. The average molecular weight is 362 g/mol. The predicted molar refractivity (Wildman–Crippen MR) is 102 cm³/mol. The van der Waals surface area contributed by atoms with Gasteiger partial charge in [0.05, 0.1) is 6.54 Å². The molecule has 27 heavy (non-hydrogen) atoms. The number of ketones is 1. The van der Waals surface area contributed by atoms with Crippen LogP contribution in [0, 0.1) is 13.8 Å². The minimum absolute atomic E-state index is 0.234. The lowest BCUT2D eigenvalue weighted by molar-refractivity contribution is -0.131. The zero-order valence-electron chi connectivity index (χ0n) is 15.5. The van der Waals surface area contributed by atoms with E-state index in [4.69, 9.17) is 0 Å². The van der Waals surface area contributed by atoms with Gasteiger partial charge in [0, 0.05) is 5.56 Å². The molecule has 2 aromatic carbocycles. The van der Waals surface area contributed by atoms with Crippen LogP contribution >= 0.6 is 0 Å². The highest BCUT2D eigenvalue weighted by Crippen LogP contribution is 2.39. The van der Waals surface area contributed by atoms with E-state index >= 15 is 0 Å². The van der Waals surface area contributed by atoms with E-state index in [9.17, 15) is 14.4 Å². The number of carbonyl (C=O) groups is 3. The highest BCUT2D eigenvalue weighted by Gasteiger charge is 2.54. The molecule has 2 aromatic rings. The number of aryl methyl sites for hydroxylation is 3. The molecule has 1 aliphatic carbocycles. The lowest BCUT2D eigenvalue weighted by Crippen LogP contribution is -2.46. The topological polar surface area (TPSA) is 66.5 Å². The molecule has 1 atom stereocenters. The number of hydrogen-bond acceptors (Lipinski definition) is 3. The first-order valence-electron chi connectivity index (χ1n) is 9.25. The molecule has 3 amide bonds. The van der Waals surface area contributed by atoms with Crippen LogP contribution in [-0.4, -0.2) is 29.2 Å². The van der Waals surface area contributed by atoms with Gasteiger partial charge in [-0.2, -0.15) is 0 Å². The molecule has 1 heterocycles. The van der Waals surface area contributed by atoms with Crippen LogP contribution in [0.3, 0.4) is 0 Å². The first kappa shape index (κ1) is 17.5. The number of fused-ring (bicyclic) bond motifs is 2. The summed E-state index contributed by atoms with van der Waals surface area (Å²) >= 11 is 0. The fourth-order valence-electron chi connectivity index (χ4n) is 4.10. The summed E-state index contributed by atoms with van der Waals surface area (Å²) in [5.41, 5.74) is 3.53.